The summed E-state index contributed by atoms with van der Waals surface area (Å²) in [6.07, 6.45) is 3.52. The number of nitrogens with one attached hydrogen (secondary N) is 1. The van der Waals surface area contributed by atoms with Crippen LogP contribution in [0.2, 0.25) is 0 Å². The highest BCUT2D eigenvalue weighted by atomic mass is 32.2. The first-order valence-corrected chi connectivity index (χ1v) is 8.68. The fourth-order valence-corrected chi connectivity index (χ4v) is 3.17. The van der Waals surface area contributed by atoms with Crippen molar-refractivity contribution in [3.8, 4) is 0 Å². The summed E-state index contributed by atoms with van der Waals surface area (Å²) >= 11 is 0. The topological polar surface area (TPSA) is 49.4 Å². The van der Waals surface area contributed by atoms with Gasteiger partial charge in [0.25, 0.3) is 0 Å². The predicted octanol–water partition coefficient (Wildman–Crippen LogP) is 1.67. The number of anilines is 1. The molecule has 1 heterocycles. The van der Waals surface area contributed by atoms with E-state index in [-0.39, 0.29) is 0 Å². The largest absolute Gasteiger partial charge is 0.371 e. The van der Waals surface area contributed by atoms with Gasteiger partial charge in [-0.15, -0.1) is 0 Å². The van der Waals surface area contributed by atoms with Crippen LogP contribution >= 0.6 is 0 Å². The van der Waals surface area contributed by atoms with E-state index in [0.29, 0.717) is 10.9 Å². The Bertz CT molecular complexity index is 503. The van der Waals surface area contributed by atoms with Crippen molar-refractivity contribution in [1.29, 1.82) is 0 Å². The SMILES string of the molecule is CCNC1CCN(c2ccc(S(C)(=O)=O)cc2)CC1. The average molecular weight is 282 g/mol. The van der Waals surface area contributed by atoms with Crippen molar-refractivity contribution in [2.75, 3.05) is 30.8 Å². The zero-order valence-electron chi connectivity index (χ0n) is 11.6. The van der Waals surface area contributed by atoms with Crippen LogP contribution in [0.5, 0.6) is 0 Å². The van der Waals surface area contributed by atoms with Gasteiger partial charge in [-0.05, 0) is 43.7 Å². The lowest BCUT2D eigenvalue weighted by Crippen LogP contribution is -2.42. The first kappa shape index (κ1) is 14.3. The number of hydrogen-bond acceptors (Lipinski definition) is 4. The van der Waals surface area contributed by atoms with Crippen molar-refractivity contribution in [1.82, 2.24) is 5.32 Å². The highest BCUT2D eigenvalue weighted by Gasteiger charge is 2.18. The van der Waals surface area contributed by atoms with Gasteiger partial charge in [-0.2, -0.15) is 0 Å². The van der Waals surface area contributed by atoms with Crippen molar-refractivity contribution in [2.24, 2.45) is 0 Å². The van der Waals surface area contributed by atoms with E-state index in [1.807, 2.05) is 12.1 Å². The Morgan fingerprint density at radius 1 is 1.21 bits per heavy atom. The first-order chi connectivity index (χ1) is 9.00. The molecule has 2 rings (SSSR count). The molecule has 5 heteroatoms. The smallest absolute Gasteiger partial charge is 0.175 e. The van der Waals surface area contributed by atoms with Crippen LogP contribution in [0.25, 0.3) is 0 Å². The van der Waals surface area contributed by atoms with Crippen LogP contribution in [0.4, 0.5) is 5.69 Å². The van der Waals surface area contributed by atoms with E-state index in [2.05, 4.69) is 17.1 Å². The van der Waals surface area contributed by atoms with Crippen molar-refractivity contribution < 1.29 is 8.42 Å². The number of rotatable bonds is 4. The van der Waals surface area contributed by atoms with Gasteiger partial charge in [-0.25, -0.2) is 8.42 Å². The van der Waals surface area contributed by atoms with Crippen LogP contribution in [0.3, 0.4) is 0 Å². The molecule has 1 N–H and O–H groups in total. The van der Waals surface area contributed by atoms with Gasteiger partial charge in [0.1, 0.15) is 0 Å². The van der Waals surface area contributed by atoms with Gasteiger partial charge in [-0.1, -0.05) is 6.92 Å². The summed E-state index contributed by atoms with van der Waals surface area (Å²) in [6, 6.07) is 7.83. The van der Waals surface area contributed by atoms with E-state index < -0.39 is 9.84 Å². The molecule has 0 saturated carbocycles. The second kappa shape index (κ2) is 5.92. The number of nitrogens with zero attached hydrogens (tertiary/aromatic N) is 1. The number of hydrogen-bond donors (Lipinski definition) is 1. The van der Waals surface area contributed by atoms with Crippen molar-refractivity contribution in [3.05, 3.63) is 24.3 Å². The molecular weight excluding hydrogens is 260 g/mol. The molecule has 0 unspecified atom stereocenters. The molecule has 1 saturated heterocycles. The quantitative estimate of drug-likeness (QED) is 0.912. The molecule has 1 aliphatic rings. The third-order valence-corrected chi connectivity index (χ3v) is 4.75. The van der Waals surface area contributed by atoms with Gasteiger partial charge in [0.05, 0.1) is 4.90 Å². The normalized spacial score (nSPS) is 17.7. The Balaban J connectivity index is 2.00. The molecule has 0 atom stereocenters. The van der Waals surface area contributed by atoms with E-state index in [1.165, 1.54) is 6.26 Å². The third kappa shape index (κ3) is 3.70. The van der Waals surface area contributed by atoms with Crippen LogP contribution in [0.1, 0.15) is 19.8 Å². The molecule has 4 nitrogen and oxygen atoms in total. The van der Waals surface area contributed by atoms with Gasteiger partial charge in [0.2, 0.25) is 0 Å². The molecule has 0 spiro atoms. The first-order valence-electron chi connectivity index (χ1n) is 6.79. The van der Waals surface area contributed by atoms with Gasteiger partial charge < -0.3 is 10.2 Å². The van der Waals surface area contributed by atoms with E-state index in [0.717, 1.165) is 38.2 Å². The molecule has 0 aliphatic carbocycles. The Morgan fingerprint density at radius 2 is 1.79 bits per heavy atom. The van der Waals surface area contributed by atoms with Gasteiger partial charge >= 0.3 is 0 Å². The lowest BCUT2D eigenvalue weighted by molar-refractivity contribution is 0.424. The van der Waals surface area contributed by atoms with Gasteiger partial charge in [0, 0.05) is 31.1 Å². The summed E-state index contributed by atoms with van der Waals surface area (Å²) in [5.74, 6) is 0. The van der Waals surface area contributed by atoms with E-state index >= 15 is 0 Å². The standard InChI is InChI=1S/C14H22N2O2S/c1-3-15-12-8-10-16(11-9-12)13-4-6-14(7-5-13)19(2,17)18/h4-7,12,15H,3,8-11H2,1-2H3. The summed E-state index contributed by atoms with van der Waals surface area (Å²) in [5, 5.41) is 3.48. The minimum Gasteiger partial charge on any atom is -0.371 e. The number of sulfone groups is 1. The van der Waals surface area contributed by atoms with Crippen molar-refractivity contribution >= 4 is 15.5 Å². The van der Waals surface area contributed by atoms with Gasteiger partial charge in [0.15, 0.2) is 9.84 Å². The fourth-order valence-electron chi connectivity index (χ4n) is 2.53. The van der Waals surface area contributed by atoms with Crippen LogP contribution in [-0.4, -0.2) is 40.3 Å². The molecule has 1 aromatic carbocycles. The van der Waals surface area contributed by atoms with Crippen LogP contribution in [-0.2, 0) is 9.84 Å². The molecule has 0 aromatic heterocycles. The zero-order valence-corrected chi connectivity index (χ0v) is 12.4. The summed E-state index contributed by atoms with van der Waals surface area (Å²) in [5.41, 5.74) is 1.11. The molecule has 1 fully saturated rings. The highest BCUT2D eigenvalue weighted by Crippen LogP contribution is 2.21. The highest BCUT2D eigenvalue weighted by molar-refractivity contribution is 7.90. The summed E-state index contributed by atoms with van der Waals surface area (Å²) in [4.78, 5) is 2.71. The molecule has 0 bridgehead atoms. The second-order valence-corrected chi connectivity index (χ2v) is 7.10. The van der Waals surface area contributed by atoms with E-state index in [1.54, 1.807) is 12.1 Å². The molecule has 0 amide bonds. The lowest BCUT2D eigenvalue weighted by atomic mass is 10.0. The predicted molar refractivity (Wildman–Crippen MR) is 78.5 cm³/mol. The lowest BCUT2D eigenvalue weighted by Gasteiger charge is -2.34. The summed E-state index contributed by atoms with van der Waals surface area (Å²) < 4.78 is 22.8. The monoisotopic (exact) mass is 282 g/mol. The Kier molecular flexibility index (Phi) is 4.47. The molecule has 106 valence electrons. The molecule has 0 radical (unpaired) electrons. The maximum atomic E-state index is 11.4. The third-order valence-electron chi connectivity index (χ3n) is 3.62. The van der Waals surface area contributed by atoms with Crippen LogP contribution < -0.4 is 10.2 Å². The Morgan fingerprint density at radius 3 is 2.26 bits per heavy atom. The molecule has 1 aliphatic heterocycles. The average Bonchev–Trinajstić information content (AvgIpc) is 2.39. The van der Waals surface area contributed by atoms with Crippen molar-refractivity contribution in [3.63, 3.8) is 0 Å². The van der Waals surface area contributed by atoms with E-state index in [9.17, 15) is 8.42 Å². The van der Waals surface area contributed by atoms with Crippen LogP contribution in [0.15, 0.2) is 29.2 Å². The maximum Gasteiger partial charge on any atom is 0.175 e. The summed E-state index contributed by atoms with van der Waals surface area (Å²) in [7, 11) is -3.09. The maximum absolute atomic E-state index is 11.4. The van der Waals surface area contributed by atoms with E-state index in [4.69, 9.17) is 0 Å². The molecular formula is C14H22N2O2S. The summed E-state index contributed by atoms with van der Waals surface area (Å²) in [6.45, 7) is 5.20. The minimum atomic E-state index is -3.09. The van der Waals surface area contributed by atoms with Crippen LogP contribution in [0, 0.1) is 0 Å². The zero-order chi connectivity index (χ0) is 13.9. The second-order valence-electron chi connectivity index (χ2n) is 5.09. The number of benzene rings is 1. The minimum absolute atomic E-state index is 0.388. The van der Waals surface area contributed by atoms with Gasteiger partial charge in [-0.3, -0.25) is 0 Å². The molecule has 1 aromatic rings. The molecule has 19 heavy (non-hydrogen) atoms. The Hall–Kier alpha value is -1.07. The van der Waals surface area contributed by atoms with Crippen molar-refractivity contribution in [2.45, 2.75) is 30.7 Å². The number of piperidine rings is 1. The fraction of sp³-hybridized carbons (Fsp3) is 0.571. The Labute approximate surface area is 115 Å².